The molecule has 0 fully saturated rings. The second-order valence-corrected chi connectivity index (χ2v) is 6.94. The fourth-order valence-corrected chi connectivity index (χ4v) is 2.89. The lowest BCUT2D eigenvalue weighted by molar-refractivity contribution is 0.283. The number of allylic oxidation sites excluding steroid dienone is 1. The van der Waals surface area contributed by atoms with Gasteiger partial charge in [0.1, 0.15) is 18.2 Å². The number of aromatic amines is 1. The van der Waals surface area contributed by atoms with Crippen LogP contribution in [0.25, 0.3) is 6.08 Å². The summed E-state index contributed by atoms with van der Waals surface area (Å²) in [6.45, 7) is 0.322. The Kier molecular flexibility index (Phi) is 6.83. The number of aromatic nitrogens is 2. The van der Waals surface area contributed by atoms with Crippen LogP contribution in [0.2, 0.25) is 0 Å². The molecule has 0 unspecified atom stereocenters. The first-order valence-electron chi connectivity index (χ1n) is 8.71. The molecule has 0 aliphatic heterocycles. The molecule has 3 rings (SSSR count). The summed E-state index contributed by atoms with van der Waals surface area (Å²) in [4.78, 5) is 25.0. The van der Waals surface area contributed by atoms with Gasteiger partial charge in [-0.05, 0) is 42.0 Å². The van der Waals surface area contributed by atoms with Crippen molar-refractivity contribution in [2.45, 2.75) is 6.54 Å². The van der Waals surface area contributed by atoms with Gasteiger partial charge < -0.3 is 9.47 Å². The van der Waals surface area contributed by atoms with Gasteiger partial charge in [-0.2, -0.15) is 5.26 Å². The Labute approximate surface area is 178 Å². The number of hydrogen-bond acceptors (Lipinski definition) is 5. The maximum Gasteiger partial charge on any atom is 0.328 e. The maximum absolute atomic E-state index is 13.9. The van der Waals surface area contributed by atoms with Gasteiger partial charge in [-0.15, -0.1) is 0 Å². The molecule has 1 N–H and O–H groups in total. The number of halogens is 2. The highest BCUT2D eigenvalue weighted by Gasteiger charge is 2.10. The molecule has 9 heteroatoms. The second-order valence-electron chi connectivity index (χ2n) is 6.03. The maximum atomic E-state index is 13.9. The van der Waals surface area contributed by atoms with Crippen molar-refractivity contribution in [2.24, 2.45) is 0 Å². The number of H-pyrrole nitrogens is 1. The molecule has 1 aromatic heterocycles. The molecule has 0 amide bonds. The van der Waals surface area contributed by atoms with E-state index in [4.69, 9.17) is 14.7 Å². The van der Waals surface area contributed by atoms with Crippen LogP contribution in [0.4, 0.5) is 4.39 Å². The minimum Gasteiger partial charge on any atom is -0.488 e. The summed E-state index contributed by atoms with van der Waals surface area (Å²) in [5, 5.41) is 8.64. The van der Waals surface area contributed by atoms with Gasteiger partial charge in [0.15, 0.2) is 11.5 Å². The number of nitrogens with one attached hydrogen (secondary N) is 1. The summed E-state index contributed by atoms with van der Waals surface area (Å²) < 4.78 is 27.5. The van der Waals surface area contributed by atoms with Crippen LogP contribution in [0.1, 0.15) is 5.56 Å². The summed E-state index contributed by atoms with van der Waals surface area (Å²) in [6, 6.07) is 12.3. The minimum atomic E-state index is -0.533. The van der Waals surface area contributed by atoms with Crippen LogP contribution in [0.3, 0.4) is 0 Å². The summed E-state index contributed by atoms with van der Waals surface area (Å²) in [5.74, 6) is 0.437. The molecule has 0 spiro atoms. The van der Waals surface area contributed by atoms with Crippen LogP contribution in [-0.4, -0.2) is 16.2 Å². The van der Waals surface area contributed by atoms with E-state index in [1.54, 1.807) is 24.3 Å². The van der Waals surface area contributed by atoms with E-state index in [0.29, 0.717) is 17.1 Å². The molecule has 0 radical (unpaired) electrons. The molecule has 30 heavy (non-hydrogen) atoms. The van der Waals surface area contributed by atoms with Crippen LogP contribution in [0.5, 0.6) is 17.2 Å². The van der Waals surface area contributed by atoms with Crippen LogP contribution < -0.4 is 20.7 Å². The number of rotatable bonds is 7. The van der Waals surface area contributed by atoms with E-state index in [2.05, 4.69) is 20.9 Å². The second kappa shape index (κ2) is 9.71. The Morgan fingerprint density at radius 1 is 1.17 bits per heavy atom. The van der Waals surface area contributed by atoms with Gasteiger partial charge in [-0.25, -0.2) is 9.18 Å². The van der Waals surface area contributed by atoms with Gasteiger partial charge in [-0.1, -0.05) is 15.9 Å². The Balaban J connectivity index is 1.78. The fraction of sp³-hybridized carbons (Fsp3) is 0.0952. The smallest absolute Gasteiger partial charge is 0.328 e. The highest BCUT2D eigenvalue weighted by Crippen LogP contribution is 2.34. The molecular formula is C21H15BrFN3O4. The first-order valence-corrected chi connectivity index (χ1v) is 9.50. The predicted octanol–water partition coefficient (Wildman–Crippen LogP) is 3.85. The van der Waals surface area contributed by atoms with Crippen molar-refractivity contribution in [1.29, 1.82) is 5.26 Å². The van der Waals surface area contributed by atoms with E-state index >= 15 is 0 Å². The van der Waals surface area contributed by atoms with Crippen molar-refractivity contribution in [2.75, 3.05) is 6.61 Å². The lowest BCUT2D eigenvalue weighted by atomic mass is 10.2. The van der Waals surface area contributed by atoms with Crippen LogP contribution in [-0.2, 0) is 6.54 Å². The topological polar surface area (TPSA) is 97.1 Å². The molecular weight excluding hydrogens is 457 g/mol. The van der Waals surface area contributed by atoms with Gasteiger partial charge in [0.2, 0.25) is 0 Å². The first-order chi connectivity index (χ1) is 14.4. The number of nitrogens with zero attached hydrogens (tertiary/aromatic N) is 2. The Bertz CT molecular complexity index is 1240. The van der Waals surface area contributed by atoms with Gasteiger partial charge in [0.05, 0.1) is 12.6 Å². The number of ether oxygens (including phenoxy) is 2. The van der Waals surface area contributed by atoms with E-state index in [0.717, 1.165) is 4.47 Å². The van der Waals surface area contributed by atoms with Crippen molar-refractivity contribution in [3.05, 3.63) is 91.4 Å². The molecule has 2 aromatic carbocycles. The zero-order valence-electron chi connectivity index (χ0n) is 15.5. The Hall–Kier alpha value is -3.64. The van der Waals surface area contributed by atoms with Crippen LogP contribution in [0.15, 0.2) is 68.8 Å². The molecule has 0 atom stereocenters. The van der Waals surface area contributed by atoms with E-state index in [1.807, 2.05) is 6.07 Å². The highest BCUT2D eigenvalue weighted by molar-refractivity contribution is 9.10. The SMILES string of the molecule is N#C/C=C/c1cc(F)cc(Oc2ccc(Br)cc2OCCn2ccc(=O)[nH]c2=O)c1. The predicted molar refractivity (Wildman–Crippen MR) is 112 cm³/mol. The lowest BCUT2D eigenvalue weighted by Crippen LogP contribution is -2.30. The van der Waals surface area contributed by atoms with E-state index in [9.17, 15) is 14.0 Å². The molecule has 0 bridgehead atoms. The number of nitriles is 1. The van der Waals surface area contributed by atoms with E-state index < -0.39 is 17.1 Å². The van der Waals surface area contributed by atoms with Gasteiger partial charge in [-0.3, -0.25) is 14.3 Å². The third-order valence-electron chi connectivity index (χ3n) is 3.86. The molecule has 1 heterocycles. The standard InChI is InChI=1S/C21H15BrFN3O4/c22-15-3-4-18(30-17-11-14(2-1-6-24)10-16(23)13-17)19(12-15)29-9-8-26-7-5-20(27)25-21(26)28/h1-5,7,10-13H,8-9H2,(H,25,27,28)/b2-1+. The fourth-order valence-electron chi connectivity index (χ4n) is 2.55. The normalized spacial score (nSPS) is 10.7. The zero-order chi connectivity index (χ0) is 21.5. The molecule has 0 aliphatic carbocycles. The van der Waals surface area contributed by atoms with Crippen LogP contribution in [0, 0.1) is 17.1 Å². The minimum absolute atomic E-state index is 0.123. The number of hydrogen-bond donors (Lipinski definition) is 1. The first kappa shape index (κ1) is 21.1. The van der Waals surface area contributed by atoms with Gasteiger partial charge >= 0.3 is 5.69 Å². The largest absolute Gasteiger partial charge is 0.488 e. The molecule has 0 saturated heterocycles. The highest BCUT2D eigenvalue weighted by atomic mass is 79.9. The number of benzene rings is 2. The summed E-state index contributed by atoms with van der Waals surface area (Å²) >= 11 is 3.36. The third-order valence-corrected chi connectivity index (χ3v) is 4.36. The van der Waals surface area contributed by atoms with Crippen molar-refractivity contribution < 1.29 is 13.9 Å². The summed E-state index contributed by atoms with van der Waals surface area (Å²) in [6.07, 6.45) is 4.09. The van der Waals surface area contributed by atoms with Crippen molar-refractivity contribution in [1.82, 2.24) is 9.55 Å². The molecule has 152 valence electrons. The van der Waals surface area contributed by atoms with E-state index in [-0.39, 0.29) is 18.9 Å². The zero-order valence-corrected chi connectivity index (χ0v) is 17.1. The van der Waals surface area contributed by atoms with E-state index in [1.165, 1.54) is 41.1 Å². The van der Waals surface area contributed by atoms with Crippen molar-refractivity contribution in [3.8, 4) is 23.3 Å². The van der Waals surface area contributed by atoms with Gasteiger partial charge in [0.25, 0.3) is 5.56 Å². The lowest BCUT2D eigenvalue weighted by Gasteiger charge is -2.14. The third kappa shape index (κ3) is 5.68. The Morgan fingerprint density at radius 2 is 2.00 bits per heavy atom. The molecule has 0 saturated carbocycles. The van der Waals surface area contributed by atoms with Crippen LogP contribution >= 0.6 is 15.9 Å². The van der Waals surface area contributed by atoms with Gasteiger partial charge in [0, 0.05) is 28.9 Å². The summed E-state index contributed by atoms with van der Waals surface area (Å²) in [7, 11) is 0. The Morgan fingerprint density at radius 3 is 2.77 bits per heavy atom. The monoisotopic (exact) mass is 471 g/mol. The average Bonchev–Trinajstić information content (AvgIpc) is 2.69. The molecule has 0 aliphatic rings. The average molecular weight is 472 g/mol. The molecule has 3 aromatic rings. The van der Waals surface area contributed by atoms with Crippen molar-refractivity contribution >= 4 is 22.0 Å². The van der Waals surface area contributed by atoms with Crippen molar-refractivity contribution in [3.63, 3.8) is 0 Å². The quantitative estimate of drug-likeness (QED) is 0.527. The summed E-state index contributed by atoms with van der Waals surface area (Å²) in [5.41, 5.74) is -0.531. The molecule has 7 nitrogen and oxygen atoms in total.